The van der Waals surface area contributed by atoms with Crippen molar-refractivity contribution in [3.05, 3.63) is 46.7 Å². The Morgan fingerprint density at radius 3 is 2.89 bits per heavy atom. The predicted octanol–water partition coefficient (Wildman–Crippen LogP) is 3.12. The molecule has 0 radical (unpaired) electrons. The summed E-state index contributed by atoms with van der Waals surface area (Å²) < 4.78 is 1.75. The summed E-state index contributed by atoms with van der Waals surface area (Å²) in [4.78, 5) is 0. The third kappa shape index (κ3) is 2.63. The van der Waals surface area contributed by atoms with E-state index in [-0.39, 0.29) is 6.04 Å². The van der Waals surface area contributed by atoms with Crippen LogP contribution in [0.15, 0.2) is 30.6 Å². The molecule has 1 aromatic carbocycles. The lowest BCUT2D eigenvalue weighted by atomic mass is 10.1. The van der Waals surface area contributed by atoms with Crippen LogP contribution in [0, 0.1) is 11.3 Å². The van der Waals surface area contributed by atoms with Crippen molar-refractivity contribution in [1.82, 2.24) is 9.78 Å². The number of benzene rings is 1. The van der Waals surface area contributed by atoms with Crippen LogP contribution in [0.25, 0.3) is 0 Å². The number of nitriles is 1. The first-order valence-electron chi connectivity index (χ1n) is 5.55. The van der Waals surface area contributed by atoms with Gasteiger partial charge in [0.05, 0.1) is 23.5 Å². The van der Waals surface area contributed by atoms with Crippen molar-refractivity contribution in [3.8, 4) is 6.07 Å². The van der Waals surface area contributed by atoms with Gasteiger partial charge in [-0.25, -0.2) is 0 Å². The molecule has 0 aliphatic carbocycles. The maximum Gasteiger partial charge on any atom is 0.101 e. The van der Waals surface area contributed by atoms with Gasteiger partial charge >= 0.3 is 0 Å². The molecule has 0 saturated carbocycles. The monoisotopic (exact) mass is 260 g/mol. The highest BCUT2D eigenvalue weighted by Gasteiger charge is 2.10. The molecule has 1 N–H and O–H groups in total. The number of aromatic nitrogens is 2. The summed E-state index contributed by atoms with van der Waals surface area (Å²) in [6, 6.07) is 7.38. The molecule has 0 amide bonds. The first-order chi connectivity index (χ1) is 8.60. The van der Waals surface area contributed by atoms with Crippen LogP contribution in [0.5, 0.6) is 0 Å². The molecular weight excluding hydrogens is 248 g/mol. The molecule has 0 aliphatic rings. The van der Waals surface area contributed by atoms with Crippen molar-refractivity contribution in [2.45, 2.75) is 13.0 Å². The van der Waals surface area contributed by atoms with Crippen molar-refractivity contribution in [1.29, 1.82) is 5.26 Å². The van der Waals surface area contributed by atoms with Crippen LogP contribution in [0.3, 0.4) is 0 Å². The van der Waals surface area contributed by atoms with Crippen molar-refractivity contribution in [2.24, 2.45) is 7.05 Å². The maximum atomic E-state index is 9.05. The Balaban J connectivity index is 2.24. The van der Waals surface area contributed by atoms with Gasteiger partial charge in [-0.3, -0.25) is 4.68 Å². The zero-order valence-corrected chi connectivity index (χ0v) is 10.9. The number of nitrogens with one attached hydrogen (secondary N) is 1. The van der Waals surface area contributed by atoms with Crippen molar-refractivity contribution < 1.29 is 0 Å². The third-order valence-corrected chi connectivity index (χ3v) is 2.93. The number of rotatable bonds is 3. The Bertz CT molecular complexity index is 597. The molecule has 2 aromatic rings. The zero-order chi connectivity index (χ0) is 13.1. The van der Waals surface area contributed by atoms with Crippen molar-refractivity contribution in [2.75, 3.05) is 5.32 Å². The molecule has 0 saturated heterocycles. The summed E-state index contributed by atoms with van der Waals surface area (Å²) in [5.41, 5.74) is 2.37. The number of hydrogen-bond acceptors (Lipinski definition) is 3. The number of nitrogens with zero attached hydrogens (tertiary/aromatic N) is 3. The van der Waals surface area contributed by atoms with Crippen LogP contribution in [0.1, 0.15) is 24.1 Å². The SMILES string of the molecule is CC(Nc1cc(Cl)ccc1C#N)c1cnn(C)c1. The van der Waals surface area contributed by atoms with Crippen LogP contribution in [0.2, 0.25) is 5.02 Å². The Kier molecular flexibility index (Phi) is 3.54. The molecule has 18 heavy (non-hydrogen) atoms. The molecule has 1 aromatic heterocycles. The maximum absolute atomic E-state index is 9.05. The topological polar surface area (TPSA) is 53.6 Å². The molecular formula is C13H13ClN4. The molecule has 4 nitrogen and oxygen atoms in total. The summed E-state index contributed by atoms with van der Waals surface area (Å²) in [5, 5.41) is 17.1. The minimum Gasteiger partial charge on any atom is -0.377 e. The fraction of sp³-hybridized carbons (Fsp3) is 0.231. The summed E-state index contributed by atoms with van der Waals surface area (Å²) in [6.07, 6.45) is 3.74. The summed E-state index contributed by atoms with van der Waals surface area (Å²) in [5.74, 6) is 0. The normalized spacial score (nSPS) is 11.9. The van der Waals surface area contributed by atoms with E-state index in [9.17, 15) is 0 Å². The first-order valence-corrected chi connectivity index (χ1v) is 5.92. The van der Waals surface area contributed by atoms with Crippen LogP contribution >= 0.6 is 11.6 Å². The van der Waals surface area contributed by atoms with E-state index in [0.717, 1.165) is 11.3 Å². The lowest BCUT2D eigenvalue weighted by Gasteiger charge is -2.15. The number of anilines is 1. The van der Waals surface area contributed by atoms with E-state index in [1.165, 1.54) is 0 Å². The van der Waals surface area contributed by atoms with Gasteiger partial charge in [0.1, 0.15) is 6.07 Å². The zero-order valence-electron chi connectivity index (χ0n) is 10.2. The average molecular weight is 261 g/mol. The molecule has 1 atom stereocenters. The van der Waals surface area contributed by atoms with Gasteiger partial charge in [0.25, 0.3) is 0 Å². The first kappa shape index (κ1) is 12.5. The van der Waals surface area contributed by atoms with Gasteiger partial charge in [-0.05, 0) is 25.1 Å². The molecule has 2 rings (SSSR count). The van der Waals surface area contributed by atoms with Crippen molar-refractivity contribution >= 4 is 17.3 Å². The number of hydrogen-bond donors (Lipinski definition) is 1. The molecule has 5 heteroatoms. The van der Waals surface area contributed by atoms with E-state index < -0.39 is 0 Å². The smallest absolute Gasteiger partial charge is 0.101 e. The average Bonchev–Trinajstić information content (AvgIpc) is 2.76. The van der Waals surface area contributed by atoms with Gasteiger partial charge in [-0.15, -0.1) is 0 Å². The van der Waals surface area contributed by atoms with Gasteiger partial charge in [0.15, 0.2) is 0 Å². The van der Waals surface area contributed by atoms with Gasteiger partial charge in [0.2, 0.25) is 0 Å². The van der Waals surface area contributed by atoms with E-state index in [1.54, 1.807) is 29.1 Å². The lowest BCUT2D eigenvalue weighted by Crippen LogP contribution is -2.07. The lowest BCUT2D eigenvalue weighted by molar-refractivity contribution is 0.765. The Labute approximate surface area is 111 Å². The van der Waals surface area contributed by atoms with Gasteiger partial charge in [-0.2, -0.15) is 10.4 Å². The standard InChI is InChI=1S/C13H13ClN4/c1-9(11-7-16-18(2)8-11)17-13-5-12(14)4-3-10(13)6-15/h3-5,7-9,17H,1-2H3. The largest absolute Gasteiger partial charge is 0.377 e. The molecule has 1 unspecified atom stereocenters. The van der Waals surface area contributed by atoms with E-state index >= 15 is 0 Å². The highest BCUT2D eigenvalue weighted by Crippen LogP contribution is 2.24. The second-order valence-electron chi connectivity index (χ2n) is 4.12. The van der Waals surface area contributed by atoms with Gasteiger partial charge < -0.3 is 5.32 Å². The summed E-state index contributed by atoms with van der Waals surface area (Å²) in [7, 11) is 1.87. The van der Waals surface area contributed by atoms with Crippen LogP contribution in [0.4, 0.5) is 5.69 Å². The van der Waals surface area contributed by atoms with E-state index in [2.05, 4.69) is 16.5 Å². The second-order valence-corrected chi connectivity index (χ2v) is 4.55. The fourth-order valence-electron chi connectivity index (χ4n) is 1.71. The number of halogens is 1. The van der Waals surface area contributed by atoms with Gasteiger partial charge in [0, 0.05) is 23.8 Å². The molecule has 0 spiro atoms. The minimum atomic E-state index is 0.0595. The predicted molar refractivity (Wildman–Crippen MR) is 71.4 cm³/mol. The summed E-state index contributed by atoms with van der Waals surface area (Å²) >= 11 is 5.94. The Morgan fingerprint density at radius 2 is 2.28 bits per heavy atom. The van der Waals surface area contributed by atoms with E-state index in [1.807, 2.05) is 20.2 Å². The highest BCUT2D eigenvalue weighted by atomic mass is 35.5. The van der Waals surface area contributed by atoms with Gasteiger partial charge in [-0.1, -0.05) is 11.6 Å². The Morgan fingerprint density at radius 1 is 1.50 bits per heavy atom. The number of aryl methyl sites for hydroxylation is 1. The quantitative estimate of drug-likeness (QED) is 0.923. The molecule has 92 valence electrons. The van der Waals surface area contributed by atoms with Crippen molar-refractivity contribution in [3.63, 3.8) is 0 Å². The van der Waals surface area contributed by atoms with Crippen LogP contribution < -0.4 is 5.32 Å². The van der Waals surface area contributed by atoms with E-state index in [4.69, 9.17) is 16.9 Å². The molecule has 1 heterocycles. The van der Waals surface area contributed by atoms with Crippen LogP contribution in [-0.4, -0.2) is 9.78 Å². The highest BCUT2D eigenvalue weighted by molar-refractivity contribution is 6.30. The fourth-order valence-corrected chi connectivity index (χ4v) is 1.89. The molecule has 0 bridgehead atoms. The third-order valence-electron chi connectivity index (χ3n) is 2.70. The Hall–Kier alpha value is -1.99. The second kappa shape index (κ2) is 5.11. The molecule has 0 fully saturated rings. The summed E-state index contributed by atoms with van der Waals surface area (Å²) in [6.45, 7) is 2.01. The van der Waals surface area contributed by atoms with Crippen LogP contribution in [-0.2, 0) is 7.05 Å². The van der Waals surface area contributed by atoms with E-state index in [0.29, 0.717) is 10.6 Å². The molecule has 0 aliphatic heterocycles. The minimum absolute atomic E-state index is 0.0595.